The van der Waals surface area contributed by atoms with Crippen LogP contribution < -0.4 is 4.74 Å². The maximum atomic E-state index is 10.6. The number of nitro groups is 1. The minimum absolute atomic E-state index is 0.0979. The summed E-state index contributed by atoms with van der Waals surface area (Å²) in [5.74, 6) is 0.688. The van der Waals surface area contributed by atoms with Crippen molar-refractivity contribution < 1.29 is 9.66 Å². The summed E-state index contributed by atoms with van der Waals surface area (Å²) in [5.41, 5.74) is 0.775. The van der Waals surface area contributed by atoms with Gasteiger partial charge in [0.2, 0.25) is 0 Å². The number of non-ortho nitro benzene ring substituents is 1. The fourth-order valence-electron chi connectivity index (χ4n) is 1.40. The minimum atomic E-state index is -0.394. The van der Waals surface area contributed by atoms with Gasteiger partial charge in [0.05, 0.1) is 12.0 Å². The molecule has 0 bridgehead atoms. The lowest BCUT2D eigenvalue weighted by Gasteiger charge is -2.21. The molecule has 0 fully saturated rings. The predicted molar refractivity (Wildman–Crippen MR) is 58.3 cm³/mol. The van der Waals surface area contributed by atoms with E-state index in [9.17, 15) is 10.1 Å². The standard InChI is InChI=1S/C11H15NO3/c1-11(2,3)9-7-8(12(13)14)5-6-10(9)15-4/h5-7H,1-4H3. The molecule has 4 nitrogen and oxygen atoms in total. The summed E-state index contributed by atoms with van der Waals surface area (Å²) >= 11 is 0. The Balaban J connectivity index is 3.32. The highest BCUT2D eigenvalue weighted by Crippen LogP contribution is 2.33. The summed E-state index contributed by atoms with van der Waals surface area (Å²) in [6, 6.07) is 4.66. The molecule has 0 unspecified atom stereocenters. The van der Waals surface area contributed by atoms with Gasteiger partial charge in [-0.05, 0) is 11.5 Å². The van der Waals surface area contributed by atoms with Crippen LogP contribution in [-0.4, -0.2) is 12.0 Å². The Morgan fingerprint density at radius 3 is 2.33 bits per heavy atom. The van der Waals surface area contributed by atoms with Crippen LogP contribution in [0.3, 0.4) is 0 Å². The molecule has 82 valence electrons. The van der Waals surface area contributed by atoms with E-state index in [0.717, 1.165) is 5.56 Å². The molecule has 1 aromatic rings. The van der Waals surface area contributed by atoms with Gasteiger partial charge in [0.25, 0.3) is 5.69 Å². The molecule has 0 saturated carbocycles. The van der Waals surface area contributed by atoms with Gasteiger partial charge in [-0.15, -0.1) is 0 Å². The Hall–Kier alpha value is -1.58. The number of ether oxygens (including phenoxy) is 1. The fraction of sp³-hybridized carbons (Fsp3) is 0.455. The highest BCUT2D eigenvalue weighted by Gasteiger charge is 2.21. The largest absolute Gasteiger partial charge is 0.496 e. The number of nitrogens with zero attached hydrogens (tertiary/aromatic N) is 1. The molecule has 1 aromatic carbocycles. The quantitative estimate of drug-likeness (QED) is 0.556. The van der Waals surface area contributed by atoms with Crippen molar-refractivity contribution in [2.75, 3.05) is 7.11 Å². The fourth-order valence-corrected chi connectivity index (χ4v) is 1.40. The second-order valence-corrected chi connectivity index (χ2v) is 4.39. The topological polar surface area (TPSA) is 52.4 Å². The molecule has 0 N–H and O–H groups in total. The number of nitro benzene ring substituents is 1. The van der Waals surface area contributed by atoms with Crippen LogP contribution in [0.5, 0.6) is 5.75 Å². The number of hydrogen-bond donors (Lipinski definition) is 0. The smallest absolute Gasteiger partial charge is 0.269 e. The van der Waals surface area contributed by atoms with E-state index in [1.807, 2.05) is 20.8 Å². The van der Waals surface area contributed by atoms with Gasteiger partial charge in [0.15, 0.2) is 0 Å². The molecule has 0 aliphatic carbocycles. The number of hydrogen-bond acceptors (Lipinski definition) is 3. The first kappa shape index (κ1) is 11.5. The van der Waals surface area contributed by atoms with Crippen LogP contribution in [0.15, 0.2) is 18.2 Å². The summed E-state index contributed by atoms with van der Waals surface area (Å²) in [7, 11) is 1.57. The lowest BCUT2D eigenvalue weighted by Crippen LogP contribution is -2.13. The van der Waals surface area contributed by atoms with E-state index in [0.29, 0.717) is 5.75 Å². The van der Waals surface area contributed by atoms with Crippen molar-refractivity contribution in [1.82, 2.24) is 0 Å². The second kappa shape index (κ2) is 3.88. The Morgan fingerprint density at radius 1 is 1.33 bits per heavy atom. The summed E-state index contributed by atoms with van der Waals surface area (Å²) < 4.78 is 5.18. The summed E-state index contributed by atoms with van der Waals surface area (Å²) in [6.07, 6.45) is 0. The van der Waals surface area contributed by atoms with Crippen LogP contribution in [0.2, 0.25) is 0 Å². The van der Waals surface area contributed by atoms with Gasteiger partial charge in [-0.3, -0.25) is 10.1 Å². The SMILES string of the molecule is COc1ccc([N+](=O)[O-])cc1C(C)(C)C. The lowest BCUT2D eigenvalue weighted by molar-refractivity contribution is -0.385. The third kappa shape index (κ3) is 2.46. The van der Waals surface area contributed by atoms with Gasteiger partial charge in [-0.25, -0.2) is 0 Å². The van der Waals surface area contributed by atoms with E-state index in [1.165, 1.54) is 6.07 Å². The highest BCUT2D eigenvalue weighted by atomic mass is 16.6. The predicted octanol–water partition coefficient (Wildman–Crippen LogP) is 2.90. The molecule has 15 heavy (non-hydrogen) atoms. The molecule has 4 heteroatoms. The second-order valence-electron chi connectivity index (χ2n) is 4.39. The number of rotatable bonds is 2. The van der Waals surface area contributed by atoms with Gasteiger partial charge in [-0.1, -0.05) is 20.8 Å². The van der Waals surface area contributed by atoms with Crippen molar-refractivity contribution in [3.63, 3.8) is 0 Å². The zero-order chi connectivity index (χ0) is 11.6. The summed E-state index contributed by atoms with van der Waals surface area (Å²) in [6.45, 7) is 5.98. The van der Waals surface area contributed by atoms with Crippen molar-refractivity contribution in [2.45, 2.75) is 26.2 Å². The molecule has 0 radical (unpaired) electrons. The third-order valence-electron chi connectivity index (χ3n) is 2.20. The average molecular weight is 209 g/mol. The molecule has 0 amide bonds. The van der Waals surface area contributed by atoms with E-state index in [-0.39, 0.29) is 11.1 Å². The van der Waals surface area contributed by atoms with E-state index >= 15 is 0 Å². The van der Waals surface area contributed by atoms with E-state index in [2.05, 4.69) is 0 Å². The highest BCUT2D eigenvalue weighted by molar-refractivity contribution is 5.46. The van der Waals surface area contributed by atoms with Gasteiger partial charge in [0.1, 0.15) is 5.75 Å². The molecule has 0 aliphatic heterocycles. The molecule has 0 atom stereocenters. The molecule has 0 spiro atoms. The van der Waals surface area contributed by atoms with Crippen LogP contribution in [0.25, 0.3) is 0 Å². The molecule has 1 rings (SSSR count). The molecule has 0 heterocycles. The van der Waals surface area contributed by atoms with E-state index in [1.54, 1.807) is 19.2 Å². The molecule has 0 aliphatic rings. The van der Waals surface area contributed by atoms with E-state index in [4.69, 9.17) is 4.74 Å². The number of benzene rings is 1. The normalized spacial score (nSPS) is 11.2. The molecule has 0 aromatic heterocycles. The van der Waals surface area contributed by atoms with Gasteiger partial charge in [0, 0.05) is 17.7 Å². The lowest BCUT2D eigenvalue weighted by atomic mass is 9.86. The van der Waals surface area contributed by atoms with Gasteiger partial charge >= 0.3 is 0 Å². The third-order valence-corrected chi connectivity index (χ3v) is 2.20. The Morgan fingerprint density at radius 2 is 1.93 bits per heavy atom. The van der Waals surface area contributed by atoms with Crippen molar-refractivity contribution in [3.05, 3.63) is 33.9 Å². The zero-order valence-electron chi connectivity index (χ0n) is 9.40. The van der Waals surface area contributed by atoms with Crippen LogP contribution in [0.4, 0.5) is 5.69 Å². The first-order chi connectivity index (χ1) is 6.86. The van der Waals surface area contributed by atoms with Crippen molar-refractivity contribution in [3.8, 4) is 5.75 Å². The maximum absolute atomic E-state index is 10.6. The van der Waals surface area contributed by atoms with Crippen LogP contribution in [0.1, 0.15) is 26.3 Å². The van der Waals surface area contributed by atoms with Crippen molar-refractivity contribution in [2.24, 2.45) is 0 Å². The van der Waals surface area contributed by atoms with Crippen molar-refractivity contribution >= 4 is 5.69 Å². The van der Waals surface area contributed by atoms with E-state index < -0.39 is 4.92 Å². The zero-order valence-corrected chi connectivity index (χ0v) is 9.40. The van der Waals surface area contributed by atoms with Crippen LogP contribution in [0, 0.1) is 10.1 Å². The first-order valence-electron chi connectivity index (χ1n) is 4.69. The molecular weight excluding hydrogens is 194 g/mol. The van der Waals surface area contributed by atoms with Crippen molar-refractivity contribution in [1.29, 1.82) is 0 Å². The van der Waals surface area contributed by atoms with Crippen LogP contribution >= 0.6 is 0 Å². The Labute approximate surface area is 89.0 Å². The number of methoxy groups -OCH3 is 1. The van der Waals surface area contributed by atoms with Crippen LogP contribution in [-0.2, 0) is 5.41 Å². The van der Waals surface area contributed by atoms with Gasteiger partial charge in [-0.2, -0.15) is 0 Å². The Bertz CT molecular complexity index is 380. The Kier molecular flexibility index (Phi) is 2.98. The average Bonchev–Trinajstić information content (AvgIpc) is 2.15. The summed E-state index contributed by atoms with van der Waals surface area (Å²) in [5, 5.41) is 10.6. The van der Waals surface area contributed by atoms with Gasteiger partial charge < -0.3 is 4.74 Å². The monoisotopic (exact) mass is 209 g/mol. The minimum Gasteiger partial charge on any atom is -0.496 e. The summed E-state index contributed by atoms with van der Waals surface area (Å²) in [4.78, 5) is 10.3. The first-order valence-corrected chi connectivity index (χ1v) is 4.69. The maximum Gasteiger partial charge on any atom is 0.269 e. The molecule has 0 saturated heterocycles. The molecular formula is C11H15NO3.